The Hall–Kier alpha value is -2.55. The van der Waals surface area contributed by atoms with Gasteiger partial charge in [0, 0.05) is 44.0 Å². The topological polar surface area (TPSA) is 70.6 Å². The maximum atomic E-state index is 13.1. The van der Waals surface area contributed by atoms with Crippen LogP contribution < -0.4 is 4.90 Å². The average molecular weight is 482 g/mol. The van der Waals surface area contributed by atoms with Crippen LogP contribution >= 0.6 is 11.3 Å². The summed E-state index contributed by atoms with van der Waals surface area (Å²) in [6.45, 7) is 4.00. The number of ketones is 1. The zero-order valence-corrected chi connectivity index (χ0v) is 20.2. The Labute approximate surface area is 198 Å². The lowest BCUT2D eigenvalue weighted by molar-refractivity contribution is 0.104. The van der Waals surface area contributed by atoms with Gasteiger partial charge in [-0.2, -0.15) is 0 Å². The number of hydrogen-bond donors (Lipinski definition) is 0. The van der Waals surface area contributed by atoms with E-state index >= 15 is 0 Å². The number of anilines is 1. The quantitative estimate of drug-likeness (QED) is 0.498. The maximum Gasteiger partial charge on any atom is 0.204 e. The van der Waals surface area contributed by atoms with Gasteiger partial charge in [0.2, 0.25) is 5.78 Å². The molecule has 0 bridgehead atoms. The van der Waals surface area contributed by atoms with E-state index in [-0.39, 0.29) is 10.7 Å². The SMILES string of the molecule is CS(=O)(=O)c1cccc(C(=O)c2cnc(N3CCCC4CN(Cc5ccccc5)CC43)s2)c1. The van der Waals surface area contributed by atoms with Crippen molar-refractivity contribution in [3.05, 3.63) is 76.8 Å². The van der Waals surface area contributed by atoms with Crippen LogP contribution in [0.25, 0.3) is 0 Å². The molecule has 0 amide bonds. The Morgan fingerprint density at radius 2 is 1.94 bits per heavy atom. The molecule has 2 saturated heterocycles. The van der Waals surface area contributed by atoms with Crippen molar-refractivity contribution in [1.82, 2.24) is 9.88 Å². The van der Waals surface area contributed by atoms with Crippen molar-refractivity contribution >= 4 is 32.1 Å². The first kappa shape index (κ1) is 22.3. The highest BCUT2D eigenvalue weighted by Crippen LogP contribution is 2.36. The van der Waals surface area contributed by atoms with Gasteiger partial charge in [0.05, 0.1) is 16.0 Å². The summed E-state index contributed by atoms with van der Waals surface area (Å²) in [5.41, 5.74) is 1.71. The van der Waals surface area contributed by atoms with Crippen LogP contribution in [0.3, 0.4) is 0 Å². The monoisotopic (exact) mass is 481 g/mol. The minimum atomic E-state index is -3.37. The normalized spacial score (nSPS) is 21.2. The molecule has 2 aliphatic rings. The van der Waals surface area contributed by atoms with Gasteiger partial charge in [-0.3, -0.25) is 9.69 Å². The lowest BCUT2D eigenvalue weighted by Crippen LogP contribution is -2.45. The number of fused-ring (bicyclic) bond motifs is 1. The van der Waals surface area contributed by atoms with Crippen LogP contribution in [0.5, 0.6) is 0 Å². The predicted octanol–water partition coefficient (Wildman–Crippen LogP) is 3.88. The number of piperidine rings is 1. The van der Waals surface area contributed by atoms with Crippen molar-refractivity contribution in [2.75, 3.05) is 30.8 Å². The van der Waals surface area contributed by atoms with E-state index in [1.807, 2.05) is 6.07 Å². The van der Waals surface area contributed by atoms with Gasteiger partial charge >= 0.3 is 0 Å². The van der Waals surface area contributed by atoms with Crippen LogP contribution in [0.1, 0.15) is 33.6 Å². The van der Waals surface area contributed by atoms with E-state index < -0.39 is 9.84 Å². The average Bonchev–Trinajstić information content (AvgIpc) is 3.45. The summed E-state index contributed by atoms with van der Waals surface area (Å²) in [5, 5.41) is 0.883. The van der Waals surface area contributed by atoms with Gasteiger partial charge < -0.3 is 4.90 Å². The molecule has 6 nitrogen and oxygen atoms in total. The molecule has 2 fully saturated rings. The molecule has 5 rings (SSSR count). The molecule has 0 spiro atoms. The molecule has 172 valence electrons. The number of thiazole rings is 1. The highest BCUT2D eigenvalue weighted by molar-refractivity contribution is 7.90. The van der Waals surface area contributed by atoms with Crippen LogP contribution in [0.4, 0.5) is 5.13 Å². The molecule has 0 saturated carbocycles. The summed E-state index contributed by atoms with van der Waals surface area (Å²) in [6, 6.07) is 17.2. The lowest BCUT2D eigenvalue weighted by atomic mass is 9.92. The Kier molecular flexibility index (Phi) is 6.07. The molecule has 2 atom stereocenters. The molecule has 33 heavy (non-hydrogen) atoms. The van der Waals surface area contributed by atoms with E-state index in [0.717, 1.165) is 44.0 Å². The molecule has 2 aliphatic heterocycles. The summed E-state index contributed by atoms with van der Waals surface area (Å²) in [6.07, 6.45) is 5.13. The summed E-state index contributed by atoms with van der Waals surface area (Å²) < 4.78 is 23.7. The first-order chi connectivity index (χ1) is 15.9. The molecular formula is C25H27N3O3S2. The maximum absolute atomic E-state index is 13.1. The number of nitrogens with zero attached hydrogens (tertiary/aromatic N) is 3. The van der Waals surface area contributed by atoms with Gasteiger partial charge in [-0.05, 0) is 36.5 Å². The van der Waals surface area contributed by atoms with E-state index in [4.69, 9.17) is 0 Å². The fraction of sp³-hybridized carbons (Fsp3) is 0.360. The third-order valence-corrected chi connectivity index (χ3v) is 8.74. The van der Waals surface area contributed by atoms with Gasteiger partial charge in [-0.1, -0.05) is 53.8 Å². The van der Waals surface area contributed by atoms with E-state index in [0.29, 0.717) is 22.4 Å². The smallest absolute Gasteiger partial charge is 0.204 e. The Balaban J connectivity index is 1.33. The summed E-state index contributed by atoms with van der Waals surface area (Å²) in [5.74, 6) is 0.423. The van der Waals surface area contributed by atoms with E-state index in [9.17, 15) is 13.2 Å². The number of carbonyl (C=O) groups is 1. The van der Waals surface area contributed by atoms with Gasteiger partial charge in [0.1, 0.15) is 0 Å². The Bertz CT molecular complexity index is 1260. The molecule has 2 aromatic carbocycles. The minimum absolute atomic E-state index is 0.154. The van der Waals surface area contributed by atoms with Crippen molar-refractivity contribution < 1.29 is 13.2 Å². The zero-order chi connectivity index (χ0) is 23.0. The molecule has 3 aromatic rings. The van der Waals surface area contributed by atoms with Crippen LogP contribution in [0, 0.1) is 5.92 Å². The van der Waals surface area contributed by atoms with Gasteiger partial charge in [0.25, 0.3) is 0 Å². The second-order valence-electron chi connectivity index (χ2n) is 8.98. The molecule has 2 unspecified atom stereocenters. The number of carbonyl (C=O) groups excluding carboxylic acids is 1. The van der Waals surface area contributed by atoms with Crippen LogP contribution in [-0.4, -0.2) is 56.0 Å². The fourth-order valence-electron chi connectivity index (χ4n) is 4.99. The molecule has 0 radical (unpaired) electrons. The van der Waals surface area contributed by atoms with Crippen molar-refractivity contribution in [3.8, 4) is 0 Å². The number of likely N-dealkylation sites (tertiary alicyclic amines) is 1. The first-order valence-electron chi connectivity index (χ1n) is 11.2. The highest BCUT2D eigenvalue weighted by atomic mass is 32.2. The van der Waals surface area contributed by atoms with Crippen LogP contribution in [0.15, 0.2) is 65.7 Å². The largest absolute Gasteiger partial charge is 0.343 e. The van der Waals surface area contributed by atoms with Gasteiger partial charge in [0.15, 0.2) is 15.0 Å². The molecule has 0 aliphatic carbocycles. The molecule has 1 aromatic heterocycles. The zero-order valence-electron chi connectivity index (χ0n) is 18.6. The number of hydrogen-bond acceptors (Lipinski definition) is 7. The minimum Gasteiger partial charge on any atom is -0.343 e. The number of sulfone groups is 1. The lowest BCUT2D eigenvalue weighted by Gasteiger charge is -2.36. The van der Waals surface area contributed by atoms with Crippen molar-refractivity contribution in [1.29, 1.82) is 0 Å². The Morgan fingerprint density at radius 3 is 2.73 bits per heavy atom. The fourth-order valence-corrected chi connectivity index (χ4v) is 6.62. The van der Waals surface area contributed by atoms with E-state index in [2.05, 4.69) is 39.0 Å². The van der Waals surface area contributed by atoms with Crippen LogP contribution in [-0.2, 0) is 16.4 Å². The second-order valence-corrected chi connectivity index (χ2v) is 12.0. The van der Waals surface area contributed by atoms with Gasteiger partial charge in [-0.15, -0.1) is 0 Å². The Morgan fingerprint density at radius 1 is 1.12 bits per heavy atom. The summed E-state index contributed by atoms with van der Waals surface area (Å²) in [4.78, 5) is 23.3. The highest BCUT2D eigenvalue weighted by Gasteiger charge is 2.40. The summed E-state index contributed by atoms with van der Waals surface area (Å²) in [7, 11) is -3.37. The predicted molar refractivity (Wildman–Crippen MR) is 131 cm³/mol. The van der Waals surface area contributed by atoms with Crippen molar-refractivity contribution in [2.45, 2.75) is 30.3 Å². The first-order valence-corrected chi connectivity index (χ1v) is 13.9. The summed E-state index contributed by atoms with van der Waals surface area (Å²) >= 11 is 1.41. The molecular weight excluding hydrogens is 454 g/mol. The third-order valence-electron chi connectivity index (χ3n) is 6.59. The van der Waals surface area contributed by atoms with E-state index in [1.165, 1.54) is 35.5 Å². The third kappa shape index (κ3) is 4.74. The molecule has 3 heterocycles. The standard InChI is InChI=1S/C25H27N3O3S2/c1-33(30,31)21-11-5-9-19(13-21)24(29)23-14-26-25(32-23)28-12-6-10-20-16-27(17-22(20)28)15-18-7-3-2-4-8-18/h2-5,7-9,11,13-14,20,22H,6,10,12,15-17H2,1H3. The number of aromatic nitrogens is 1. The van der Waals surface area contributed by atoms with E-state index in [1.54, 1.807) is 18.3 Å². The van der Waals surface area contributed by atoms with Crippen molar-refractivity contribution in [3.63, 3.8) is 0 Å². The second kappa shape index (κ2) is 9.00. The van der Waals surface area contributed by atoms with Crippen LogP contribution in [0.2, 0.25) is 0 Å². The molecule has 0 N–H and O–H groups in total. The number of benzene rings is 2. The number of rotatable bonds is 6. The molecule has 8 heteroatoms. The van der Waals surface area contributed by atoms with Crippen molar-refractivity contribution in [2.24, 2.45) is 5.92 Å². The van der Waals surface area contributed by atoms with Gasteiger partial charge in [-0.25, -0.2) is 13.4 Å².